The molecule has 27 heavy (non-hydrogen) atoms. The average molecular weight is 397 g/mol. The van der Waals surface area contributed by atoms with Crippen molar-refractivity contribution in [1.82, 2.24) is 5.32 Å². The first-order valence-electron chi connectivity index (χ1n) is 8.83. The van der Waals surface area contributed by atoms with Crippen LogP contribution in [0.4, 0.5) is 18.9 Å². The third-order valence-corrected chi connectivity index (χ3v) is 5.03. The molecule has 0 heterocycles. The largest absolute Gasteiger partial charge is 0.416 e. The van der Waals surface area contributed by atoms with Gasteiger partial charge in [-0.05, 0) is 36.6 Å². The highest BCUT2D eigenvalue weighted by Crippen LogP contribution is 2.34. The molecule has 1 aliphatic rings. The first-order valence-corrected chi connectivity index (χ1v) is 9.21. The second-order valence-corrected chi connectivity index (χ2v) is 7.08. The molecule has 1 unspecified atom stereocenters. The fourth-order valence-electron chi connectivity index (χ4n) is 3.30. The number of anilines is 1. The Hall–Kier alpha value is -2.05. The molecule has 2 N–H and O–H groups in total. The number of alkyl halides is 3. The number of rotatable bonds is 5. The van der Waals surface area contributed by atoms with Gasteiger partial charge in [0.1, 0.15) is 6.04 Å². The number of benzene rings is 2. The van der Waals surface area contributed by atoms with E-state index in [1.54, 1.807) is 0 Å². The molecule has 1 fully saturated rings. The van der Waals surface area contributed by atoms with Crippen molar-refractivity contribution in [1.29, 1.82) is 0 Å². The molecule has 0 radical (unpaired) electrons. The average Bonchev–Trinajstić information content (AvgIpc) is 3.14. The Morgan fingerprint density at radius 3 is 2.37 bits per heavy atom. The van der Waals surface area contributed by atoms with Gasteiger partial charge in [-0.15, -0.1) is 0 Å². The molecule has 1 amide bonds. The first kappa shape index (κ1) is 19.7. The van der Waals surface area contributed by atoms with Crippen molar-refractivity contribution in [3.05, 3.63) is 64.7 Å². The molecule has 0 aromatic heterocycles. The van der Waals surface area contributed by atoms with E-state index in [0.29, 0.717) is 0 Å². The Kier molecular flexibility index (Phi) is 6.07. The summed E-state index contributed by atoms with van der Waals surface area (Å²) in [6.45, 7) is 0. The monoisotopic (exact) mass is 396 g/mol. The summed E-state index contributed by atoms with van der Waals surface area (Å²) in [5.41, 5.74) is -0.155. The quantitative estimate of drug-likeness (QED) is 0.693. The van der Waals surface area contributed by atoms with E-state index in [4.69, 9.17) is 11.6 Å². The van der Waals surface area contributed by atoms with Crippen LogP contribution in [0.1, 0.15) is 42.9 Å². The van der Waals surface area contributed by atoms with Crippen molar-refractivity contribution >= 4 is 23.2 Å². The number of hydrogen-bond acceptors (Lipinski definition) is 2. The van der Waals surface area contributed by atoms with Gasteiger partial charge < -0.3 is 5.32 Å². The van der Waals surface area contributed by atoms with Crippen molar-refractivity contribution in [2.24, 2.45) is 0 Å². The van der Waals surface area contributed by atoms with E-state index in [0.717, 1.165) is 49.4 Å². The lowest BCUT2D eigenvalue weighted by Gasteiger charge is -2.23. The third-order valence-electron chi connectivity index (χ3n) is 4.70. The number of halogens is 4. The maximum absolute atomic E-state index is 13.0. The standard InChI is InChI=1S/C20H20ClF3N2O/c21-16-11-10-14(20(22,23)24)12-17(16)26-19(27)18(13-6-2-1-3-7-13)25-15-8-4-5-9-15/h1-3,6-7,10-12,15,18,25H,4-5,8-9H2,(H,26,27). The fraction of sp³-hybridized carbons (Fsp3) is 0.350. The van der Waals surface area contributed by atoms with Crippen molar-refractivity contribution in [2.75, 3.05) is 5.32 Å². The molecule has 144 valence electrons. The lowest BCUT2D eigenvalue weighted by atomic mass is 10.0. The highest BCUT2D eigenvalue weighted by molar-refractivity contribution is 6.33. The molecule has 0 aliphatic heterocycles. The molecule has 1 aliphatic carbocycles. The fourth-order valence-corrected chi connectivity index (χ4v) is 3.46. The zero-order chi connectivity index (χ0) is 19.4. The van der Waals surface area contributed by atoms with Gasteiger partial charge in [-0.3, -0.25) is 10.1 Å². The van der Waals surface area contributed by atoms with E-state index in [1.165, 1.54) is 0 Å². The van der Waals surface area contributed by atoms with E-state index in [9.17, 15) is 18.0 Å². The Morgan fingerprint density at radius 2 is 1.74 bits per heavy atom. The molecule has 7 heteroatoms. The van der Waals surface area contributed by atoms with Gasteiger partial charge in [0.25, 0.3) is 0 Å². The Morgan fingerprint density at radius 1 is 1.07 bits per heavy atom. The van der Waals surface area contributed by atoms with Gasteiger partial charge in [0.2, 0.25) is 5.91 Å². The van der Waals surface area contributed by atoms with Crippen LogP contribution < -0.4 is 10.6 Å². The summed E-state index contributed by atoms with van der Waals surface area (Å²) < 4.78 is 38.9. The van der Waals surface area contributed by atoms with Gasteiger partial charge >= 0.3 is 6.18 Å². The molecule has 1 atom stereocenters. The summed E-state index contributed by atoms with van der Waals surface area (Å²) in [5.74, 6) is -0.436. The molecule has 0 spiro atoms. The minimum atomic E-state index is -4.51. The van der Waals surface area contributed by atoms with Crippen molar-refractivity contribution in [3.8, 4) is 0 Å². The van der Waals surface area contributed by atoms with Crippen LogP contribution in [0.5, 0.6) is 0 Å². The predicted octanol–water partition coefficient (Wildman–Crippen LogP) is 5.57. The minimum absolute atomic E-state index is 0.0503. The van der Waals surface area contributed by atoms with E-state index in [1.807, 2.05) is 30.3 Å². The van der Waals surface area contributed by atoms with Crippen molar-refractivity contribution < 1.29 is 18.0 Å². The lowest BCUT2D eigenvalue weighted by molar-refractivity contribution is -0.137. The Balaban J connectivity index is 1.84. The van der Waals surface area contributed by atoms with Crippen LogP contribution in [0.25, 0.3) is 0 Å². The molecule has 2 aromatic carbocycles. The molecular formula is C20H20ClF3N2O. The summed E-state index contributed by atoms with van der Waals surface area (Å²) in [5, 5.41) is 5.96. The van der Waals surface area contributed by atoms with E-state index >= 15 is 0 Å². The number of carbonyl (C=O) groups excluding carboxylic acids is 1. The zero-order valence-corrected chi connectivity index (χ0v) is 15.3. The topological polar surface area (TPSA) is 41.1 Å². The van der Waals surface area contributed by atoms with Crippen molar-refractivity contribution in [2.45, 2.75) is 43.9 Å². The number of nitrogens with one attached hydrogen (secondary N) is 2. The Bertz CT molecular complexity index is 790. The highest BCUT2D eigenvalue weighted by Gasteiger charge is 2.32. The highest BCUT2D eigenvalue weighted by atomic mass is 35.5. The van der Waals surface area contributed by atoms with E-state index < -0.39 is 23.7 Å². The molecule has 0 bridgehead atoms. The molecule has 3 rings (SSSR count). The van der Waals surface area contributed by atoms with E-state index in [-0.39, 0.29) is 16.8 Å². The lowest BCUT2D eigenvalue weighted by Crippen LogP contribution is -2.38. The van der Waals surface area contributed by atoms with Crippen molar-refractivity contribution in [3.63, 3.8) is 0 Å². The van der Waals surface area contributed by atoms with Gasteiger partial charge in [-0.1, -0.05) is 54.8 Å². The van der Waals surface area contributed by atoms with Gasteiger partial charge in [0.15, 0.2) is 0 Å². The maximum atomic E-state index is 13.0. The zero-order valence-electron chi connectivity index (χ0n) is 14.5. The Labute approximate surface area is 160 Å². The number of amides is 1. The number of carbonyl (C=O) groups is 1. The molecule has 0 saturated heterocycles. The van der Waals surface area contributed by atoms with Crippen LogP contribution in [-0.4, -0.2) is 11.9 Å². The van der Waals surface area contributed by atoms with Crippen LogP contribution in [0.3, 0.4) is 0 Å². The smallest absolute Gasteiger partial charge is 0.323 e. The molecular weight excluding hydrogens is 377 g/mol. The van der Waals surface area contributed by atoms with Gasteiger partial charge in [0.05, 0.1) is 16.3 Å². The van der Waals surface area contributed by atoms with Gasteiger partial charge in [0, 0.05) is 6.04 Å². The van der Waals surface area contributed by atoms with Gasteiger partial charge in [-0.2, -0.15) is 13.2 Å². The summed E-state index contributed by atoms with van der Waals surface area (Å²) in [7, 11) is 0. The van der Waals surface area contributed by atoms with Gasteiger partial charge in [-0.25, -0.2) is 0 Å². The molecule has 1 saturated carbocycles. The third kappa shape index (κ3) is 5.02. The molecule has 2 aromatic rings. The number of hydrogen-bond donors (Lipinski definition) is 2. The summed E-state index contributed by atoms with van der Waals surface area (Å²) >= 11 is 6.01. The van der Waals surface area contributed by atoms with Crippen LogP contribution in [0, 0.1) is 0 Å². The minimum Gasteiger partial charge on any atom is -0.323 e. The maximum Gasteiger partial charge on any atom is 0.416 e. The van der Waals surface area contributed by atoms with Crippen LogP contribution in [0.2, 0.25) is 5.02 Å². The predicted molar refractivity (Wildman–Crippen MR) is 99.7 cm³/mol. The van der Waals surface area contributed by atoms with Crippen LogP contribution in [-0.2, 0) is 11.0 Å². The summed E-state index contributed by atoms with van der Waals surface area (Å²) in [4.78, 5) is 12.9. The van der Waals surface area contributed by atoms with E-state index in [2.05, 4.69) is 10.6 Å². The second kappa shape index (κ2) is 8.31. The van der Waals surface area contributed by atoms with Crippen LogP contribution >= 0.6 is 11.6 Å². The summed E-state index contributed by atoms with van der Waals surface area (Å²) in [6, 6.07) is 11.6. The second-order valence-electron chi connectivity index (χ2n) is 6.67. The van der Waals surface area contributed by atoms with Crippen LogP contribution in [0.15, 0.2) is 48.5 Å². The first-order chi connectivity index (χ1) is 12.8. The normalized spacial score (nSPS) is 16.3. The summed E-state index contributed by atoms with van der Waals surface area (Å²) in [6.07, 6.45) is -0.368. The SMILES string of the molecule is O=C(Nc1cc(C(F)(F)F)ccc1Cl)C(NC1CCCC1)c1ccccc1. The molecule has 3 nitrogen and oxygen atoms in total.